The molecule has 22 heavy (non-hydrogen) atoms. The summed E-state index contributed by atoms with van der Waals surface area (Å²) in [5.74, 6) is 1.98. The van der Waals surface area contributed by atoms with Gasteiger partial charge < -0.3 is 9.80 Å². The van der Waals surface area contributed by atoms with Gasteiger partial charge in [0.15, 0.2) is 0 Å². The van der Waals surface area contributed by atoms with E-state index in [1.54, 1.807) is 11.3 Å². The standard InChI is InChI=1S/C16H18N4S2/c1-11-10-22-16-14(11)15(17-12(2)18-16)20-7-5-19(6-8-20)13-4-3-9-21-13/h3-4,9-10H,5-8H2,1-2H3. The SMILES string of the molecule is Cc1nc(N2CCN(c3cccs3)CC2)c2c(C)csc2n1. The second kappa shape index (κ2) is 5.52. The monoisotopic (exact) mass is 330 g/mol. The zero-order valence-electron chi connectivity index (χ0n) is 12.7. The Labute approximate surface area is 138 Å². The fraction of sp³-hybridized carbons (Fsp3) is 0.375. The van der Waals surface area contributed by atoms with Crippen molar-refractivity contribution >= 4 is 43.7 Å². The highest BCUT2D eigenvalue weighted by Gasteiger charge is 2.22. The highest BCUT2D eigenvalue weighted by Crippen LogP contribution is 2.32. The smallest absolute Gasteiger partial charge is 0.141 e. The first-order chi connectivity index (χ1) is 10.7. The Hall–Kier alpha value is -1.66. The molecule has 3 aromatic rings. The third kappa shape index (κ3) is 2.36. The molecule has 0 N–H and O–H groups in total. The van der Waals surface area contributed by atoms with E-state index in [1.165, 1.54) is 16.0 Å². The van der Waals surface area contributed by atoms with Crippen LogP contribution in [-0.2, 0) is 0 Å². The molecule has 0 unspecified atom stereocenters. The summed E-state index contributed by atoms with van der Waals surface area (Å²) in [6.45, 7) is 8.27. The number of thiophene rings is 2. The van der Waals surface area contributed by atoms with Gasteiger partial charge in [-0.05, 0) is 42.3 Å². The molecule has 0 bridgehead atoms. The van der Waals surface area contributed by atoms with Gasteiger partial charge in [-0.25, -0.2) is 9.97 Å². The number of nitrogens with zero attached hydrogens (tertiary/aromatic N) is 4. The fourth-order valence-corrected chi connectivity index (χ4v) is 4.73. The first-order valence-electron chi connectivity index (χ1n) is 7.48. The quantitative estimate of drug-likeness (QED) is 0.717. The van der Waals surface area contributed by atoms with Crippen LogP contribution in [0.15, 0.2) is 22.9 Å². The molecule has 0 atom stereocenters. The molecular formula is C16H18N4S2. The van der Waals surface area contributed by atoms with Crippen LogP contribution in [-0.4, -0.2) is 36.1 Å². The predicted molar refractivity (Wildman–Crippen MR) is 95.6 cm³/mol. The van der Waals surface area contributed by atoms with Crippen LogP contribution in [0.3, 0.4) is 0 Å². The molecule has 0 aliphatic carbocycles. The van der Waals surface area contributed by atoms with Crippen LogP contribution < -0.4 is 9.80 Å². The molecule has 3 aromatic heterocycles. The first kappa shape index (κ1) is 14.0. The average molecular weight is 330 g/mol. The van der Waals surface area contributed by atoms with Crippen molar-refractivity contribution in [1.82, 2.24) is 9.97 Å². The fourth-order valence-electron chi connectivity index (χ4n) is 2.98. The summed E-state index contributed by atoms with van der Waals surface area (Å²) in [4.78, 5) is 15.3. The molecule has 0 radical (unpaired) electrons. The van der Waals surface area contributed by atoms with Crippen LogP contribution in [0, 0.1) is 13.8 Å². The lowest BCUT2D eigenvalue weighted by molar-refractivity contribution is 0.651. The minimum atomic E-state index is 0.866. The Balaban J connectivity index is 1.62. The van der Waals surface area contributed by atoms with Gasteiger partial charge in [0.2, 0.25) is 0 Å². The van der Waals surface area contributed by atoms with Gasteiger partial charge in [0, 0.05) is 26.2 Å². The van der Waals surface area contributed by atoms with Crippen molar-refractivity contribution in [2.75, 3.05) is 36.0 Å². The number of fused-ring (bicyclic) bond motifs is 1. The summed E-state index contributed by atoms with van der Waals surface area (Å²) in [6.07, 6.45) is 0. The first-order valence-corrected chi connectivity index (χ1v) is 9.24. The second-order valence-electron chi connectivity index (χ2n) is 5.62. The number of anilines is 2. The van der Waals surface area contributed by atoms with Gasteiger partial charge in [0.1, 0.15) is 16.5 Å². The van der Waals surface area contributed by atoms with Crippen LogP contribution >= 0.6 is 22.7 Å². The topological polar surface area (TPSA) is 32.3 Å². The van der Waals surface area contributed by atoms with E-state index in [0.717, 1.165) is 42.7 Å². The van der Waals surface area contributed by atoms with Crippen LogP contribution in [0.25, 0.3) is 10.2 Å². The van der Waals surface area contributed by atoms with Crippen LogP contribution in [0.5, 0.6) is 0 Å². The Morgan fingerprint density at radius 2 is 1.77 bits per heavy atom. The highest BCUT2D eigenvalue weighted by atomic mass is 32.1. The van der Waals surface area contributed by atoms with Gasteiger partial charge in [-0.15, -0.1) is 22.7 Å². The molecule has 4 nitrogen and oxygen atoms in total. The van der Waals surface area contributed by atoms with E-state index < -0.39 is 0 Å². The summed E-state index contributed by atoms with van der Waals surface area (Å²) in [6, 6.07) is 4.33. The highest BCUT2D eigenvalue weighted by molar-refractivity contribution is 7.17. The third-order valence-electron chi connectivity index (χ3n) is 4.11. The Morgan fingerprint density at radius 1 is 1.00 bits per heavy atom. The molecule has 1 fully saturated rings. The number of hydrogen-bond acceptors (Lipinski definition) is 6. The number of piperazine rings is 1. The molecule has 0 saturated carbocycles. The average Bonchev–Trinajstić information content (AvgIpc) is 3.17. The number of aromatic nitrogens is 2. The molecule has 114 valence electrons. The van der Waals surface area contributed by atoms with Gasteiger partial charge in [0.25, 0.3) is 0 Å². The van der Waals surface area contributed by atoms with E-state index in [-0.39, 0.29) is 0 Å². The second-order valence-corrected chi connectivity index (χ2v) is 7.40. The van der Waals surface area contributed by atoms with Gasteiger partial charge in [-0.2, -0.15) is 0 Å². The van der Waals surface area contributed by atoms with Crippen molar-refractivity contribution < 1.29 is 0 Å². The Kier molecular flexibility index (Phi) is 3.50. The lowest BCUT2D eigenvalue weighted by Gasteiger charge is -2.36. The Morgan fingerprint density at radius 3 is 2.50 bits per heavy atom. The van der Waals surface area contributed by atoms with Crippen molar-refractivity contribution in [3.05, 3.63) is 34.3 Å². The van der Waals surface area contributed by atoms with Gasteiger partial charge >= 0.3 is 0 Å². The van der Waals surface area contributed by atoms with Crippen molar-refractivity contribution in [2.45, 2.75) is 13.8 Å². The molecule has 0 aromatic carbocycles. The van der Waals surface area contributed by atoms with E-state index in [1.807, 2.05) is 18.3 Å². The maximum absolute atomic E-state index is 4.75. The van der Waals surface area contributed by atoms with Crippen molar-refractivity contribution in [1.29, 1.82) is 0 Å². The summed E-state index contributed by atoms with van der Waals surface area (Å²) < 4.78 is 0. The zero-order valence-corrected chi connectivity index (χ0v) is 14.4. The summed E-state index contributed by atoms with van der Waals surface area (Å²) >= 11 is 3.54. The van der Waals surface area contributed by atoms with Crippen molar-refractivity contribution in [3.8, 4) is 0 Å². The molecule has 0 amide bonds. The number of hydrogen-bond donors (Lipinski definition) is 0. The van der Waals surface area contributed by atoms with Gasteiger partial charge in [-0.1, -0.05) is 0 Å². The number of rotatable bonds is 2. The maximum atomic E-state index is 4.75. The minimum absolute atomic E-state index is 0.866. The number of aryl methyl sites for hydroxylation is 2. The molecule has 4 heterocycles. The molecule has 1 saturated heterocycles. The molecule has 6 heteroatoms. The third-order valence-corrected chi connectivity index (χ3v) is 6.03. The summed E-state index contributed by atoms with van der Waals surface area (Å²) in [5.41, 5.74) is 1.29. The predicted octanol–water partition coefficient (Wildman–Crippen LogP) is 3.70. The maximum Gasteiger partial charge on any atom is 0.141 e. The normalized spacial score (nSPS) is 15.7. The van der Waals surface area contributed by atoms with Crippen molar-refractivity contribution in [3.63, 3.8) is 0 Å². The molecule has 1 aliphatic heterocycles. The molecular weight excluding hydrogens is 312 g/mol. The largest absolute Gasteiger partial charge is 0.360 e. The lowest BCUT2D eigenvalue weighted by Crippen LogP contribution is -2.46. The van der Waals surface area contributed by atoms with E-state index >= 15 is 0 Å². The van der Waals surface area contributed by atoms with Gasteiger partial charge in [-0.3, -0.25) is 0 Å². The van der Waals surface area contributed by atoms with Crippen LogP contribution in [0.1, 0.15) is 11.4 Å². The zero-order chi connectivity index (χ0) is 15.1. The van der Waals surface area contributed by atoms with Crippen LogP contribution in [0.2, 0.25) is 0 Å². The van der Waals surface area contributed by atoms with E-state index in [4.69, 9.17) is 4.98 Å². The summed E-state index contributed by atoms with van der Waals surface area (Å²) in [7, 11) is 0. The van der Waals surface area contributed by atoms with Gasteiger partial charge in [0.05, 0.1) is 10.4 Å². The van der Waals surface area contributed by atoms with E-state index in [2.05, 4.69) is 44.6 Å². The Bertz CT molecular complexity index is 786. The van der Waals surface area contributed by atoms with E-state index in [9.17, 15) is 0 Å². The molecule has 4 rings (SSSR count). The molecule has 0 spiro atoms. The molecule has 1 aliphatic rings. The minimum Gasteiger partial charge on any atom is -0.360 e. The van der Waals surface area contributed by atoms with Crippen molar-refractivity contribution in [2.24, 2.45) is 0 Å². The lowest BCUT2D eigenvalue weighted by atomic mass is 10.2. The van der Waals surface area contributed by atoms with Crippen LogP contribution in [0.4, 0.5) is 10.8 Å². The summed E-state index contributed by atoms with van der Waals surface area (Å²) in [5, 5.41) is 6.94. The van der Waals surface area contributed by atoms with E-state index in [0.29, 0.717) is 0 Å².